The van der Waals surface area contributed by atoms with E-state index in [9.17, 15) is 14.7 Å². The standard InChI is InChI=1S/C12H15NO4/c1-7-4-5-9(6-10(7)14)11(15)13(3)8(2)12(16)17/h4-6,8,14H,1-3H3,(H,16,17). The van der Waals surface area contributed by atoms with Gasteiger partial charge in [-0.3, -0.25) is 4.79 Å². The number of hydrogen-bond donors (Lipinski definition) is 2. The number of nitrogens with zero attached hydrogens (tertiary/aromatic N) is 1. The van der Waals surface area contributed by atoms with Gasteiger partial charge in [0.1, 0.15) is 11.8 Å². The summed E-state index contributed by atoms with van der Waals surface area (Å²) in [5.41, 5.74) is 0.930. The van der Waals surface area contributed by atoms with E-state index in [2.05, 4.69) is 0 Å². The number of hydrogen-bond acceptors (Lipinski definition) is 3. The average Bonchev–Trinajstić information content (AvgIpc) is 2.29. The number of benzene rings is 1. The molecule has 0 aromatic heterocycles. The van der Waals surface area contributed by atoms with E-state index in [4.69, 9.17) is 5.11 Å². The zero-order chi connectivity index (χ0) is 13.2. The Kier molecular flexibility index (Phi) is 3.73. The van der Waals surface area contributed by atoms with Crippen LogP contribution in [0.5, 0.6) is 5.75 Å². The fraction of sp³-hybridized carbons (Fsp3) is 0.333. The van der Waals surface area contributed by atoms with E-state index in [1.54, 1.807) is 19.1 Å². The topological polar surface area (TPSA) is 77.8 Å². The minimum Gasteiger partial charge on any atom is -0.508 e. The molecule has 0 spiro atoms. The van der Waals surface area contributed by atoms with Crippen LogP contribution in [0.2, 0.25) is 0 Å². The highest BCUT2D eigenvalue weighted by molar-refractivity contribution is 5.96. The Balaban J connectivity index is 2.96. The highest BCUT2D eigenvalue weighted by atomic mass is 16.4. The van der Waals surface area contributed by atoms with Gasteiger partial charge in [0.2, 0.25) is 0 Å². The van der Waals surface area contributed by atoms with Crippen molar-refractivity contribution in [2.75, 3.05) is 7.05 Å². The number of likely N-dealkylation sites (N-methyl/N-ethyl adjacent to an activating group) is 1. The van der Waals surface area contributed by atoms with Gasteiger partial charge in [0, 0.05) is 12.6 Å². The monoisotopic (exact) mass is 237 g/mol. The number of aromatic hydroxyl groups is 1. The summed E-state index contributed by atoms with van der Waals surface area (Å²) in [6, 6.07) is 3.60. The van der Waals surface area contributed by atoms with Crippen LogP contribution in [0.25, 0.3) is 0 Å². The largest absolute Gasteiger partial charge is 0.508 e. The fourth-order valence-electron chi connectivity index (χ4n) is 1.29. The van der Waals surface area contributed by atoms with Crippen LogP contribution in [0, 0.1) is 6.92 Å². The van der Waals surface area contributed by atoms with Crippen LogP contribution >= 0.6 is 0 Å². The Morgan fingerprint density at radius 2 is 1.94 bits per heavy atom. The van der Waals surface area contributed by atoms with Crippen molar-refractivity contribution in [2.24, 2.45) is 0 Å². The van der Waals surface area contributed by atoms with Crippen molar-refractivity contribution in [1.29, 1.82) is 0 Å². The Bertz CT molecular complexity index is 456. The Morgan fingerprint density at radius 3 is 2.41 bits per heavy atom. The molecule has 0 saturated carbocycles. The molecule has 17 heavy (non-hydrogen) atoms. The second-order valence-electron chi connectivity index (χ2n) is 3.93. The minimum absolute atomic E-state index is 0.0206. The molecule has 5 nitrogen and oxygen atoms in total. The molecule has 1 aromatic rings. The Morgan fingerprint density at radius 1 is 1.35 bits per heavy atom. The SMILES string of the molecule is Cc1ccc(C(=O)N(C)C(C)C(=O)O)cc1O. The molecule has 1 rings (SSSR count). The van der Waals surface area contributed by atoms with Gasteiger partial charge in [-0.1, -0.05) is 6.07 Å². The third-order valence-corrected chi connectivity index (χ3v) is 2.71. The molecule has 0 saturated heterocycles. The number of phenols is 1. The number of aliphatic carboxylic acids is 1. The van der Waals surface area contributed by atoms with Gasteiger partial charge in [0.25, 0.3) is 5.91 Å². The van der Waals surface area contributed by atoms with E-state index in [0.717, 1.165) is 4.90 Å². The van der Waals surface area contributed by atoms with Gasteiger partial charge in [-0.25, -0.2) is 4.79 Å². The van der Waals surface area contributed by atoms with Crippen molar-refractivity contribution >= 4 is 11.9 Å². The first-order chi connectivity index (χ1) is 7.84. The lowest BCUT2D eigenvalue weighted by Crippen LogP contribution is -2.40. The van der Waals surface area contributed by atoms with E-state index in [1.807, 2.05) is 0 Å². The van der Waals surface area contributed by atoms with E-state index in [0.29, 0.717) is 5.56 Å². The van der Waals surface area contributed by atoms with E-state index < -0.39 is 17.9 Å². The van der Waals surface area contributed by atoms with E-state index in [-0.39, 0.29) is 11.3 Å². The summed E-state index contributed by atoms with van der Waals surface area (Å²) in [7, 11) is 1.41. The Labute approximate surface area is 99.3 Å². The maximum atomic E-state index is 11.9. The van der Waals surface area contributed by atoms with E-state index >= 15 is 0 Å². The third-order valence-electron chi connectivity index (χ3n) is 2.71. The number of rotatable bonds is 3. The normalized spacial score (nSPS) is 11.9. The van der Waals surface area contributed by atoms with Crippen LogP contribution in [0.15, 0.2) is 18.2 Å². The molecule has 0 aliphatic heterocycles. The predicted molar refractivity (Wildman–Crippen MR) is 62.0 cm³/mol. The van der Waals surface area contributed by atoms with Gasteiger partial charge in [-0.2, -0.15) is 0 Å². The van der Waals surface area contributed by atoms with Crippen molar-refractivity contribution in [3.63, 3.8) is 0 Å². The molecule has 0 aliphatic rings. The van der Waals surface area contributed by atoms with Gasteiger partial charge >= 0.3 is 5.97 Å². The number of phenolic OH excluding ortho intramolecular Hbond substituents is 1. The average molecular weight is 237 g/mol. The van der Waals surface area contributed by atoms with Crippen LogP contribution in [0.3, 0.4) is 0 Å². The fourth-order valence-corrected chi connectivity index (χ4v) is 1.29. The van der Waals surface area contributed by atoms with E-state index in [1.165, 1.54) is 20.0 Å². The van der Waals surface area contributed by atoms with Gasteiger partial charge < -0.3 is 15.1 Å². The first-order valence-electron chi connectivity index (χ1n) is 5.14. The number of carbonyl (C=O) groups is 2. The predicted octanol–water partition coefficient (Wildman–Crippen LogP) is 1.25. The van der Waals surface area contributed by atoms with Gasteiger partial charge in [-0.15, -0.1) is 0 Å². The molecule has 1 atom stereocenters. The number of amides is 1. The molecule has 0 aliphatic carbocycles. The van der Waals surface area contributed by atoms with Crippen LogP contribution in [0.1, 0.15) is 22.8 Å². The van der Waals surface area contributed by atoms with Crippen molar-refractivity contribution in [1.82, 2.24) is 4.90 Å². The van der Waals surface area contributed by atoms with Crippen molar-refractivity contribution in [3.8, 4) is 5.75 Å². The van der Waals surface area contributed by atoms with Crippen molar-refractivity contribution in [2.45, 2.75) is 19.9 Å². The number of carboxylic acid groups (broad SMARTS) is 1. The molecular weight excluding hydrogens is 222 g/mol. The van der Waals surface area contributed by atoms with Crippen LogP contribution in [-0.4, -0.2) is 40.1 Å². The highest BCUT2D eigenvalue weighted by Crippen LogP contribution is 2.18. The molecule has 92 valence electrons. The zero-order valence-corrected chi connectivity index (χ0v) is 9.97. The summed E-state index contributed by atoms with van der Waals surface area (Å²) >= 11 is 0. The lowest BCUT2D eigenvalue weighted by molar-refractivity contribution is -0.141. The molecule has 0 fully saturated rings. The van der Waals surface area contributed by atoms with Crippen LogP contribution in [0.4, 0.5) is 0 Å². The number of carbonyl (C=O) groups excluding carboxylic acids is 1. The summed E-state index contributed by atoms with van der Waals surface area (Å²) in [5, 5.41) is 18.3. The molecule has 1 unspecified atom stereocenters. The molecular formula is C12H15NO4. The maximum absolute atomic E-state index is 11.9. The summed E-state index contributed by atoms with van der Waals surface area (Å²) in [4.78, 5) is 23.8. The summed E-state index contributed by atoms with van der Waals surface area (Å²) < 4.78 is 0. The first kappa shape index (κ1) is 13.0. The zero-order valence-electron chi connectivity index (χ0n) is 9.97. The number of aryl methyl sites for hydroxylation is 1. The molecule has 0 radical (unpaired) electrons. The number of carboxylic acids is 1. The van der Waals surface area contributed by atoms with Crippen molar-refractivity contribution in [3.05, 3.63) is 29.3 Å². The Hall–Kier alpha value is -2.04. The summed E-state index contributed by atoms with van der Waals surface area (Å²) in [6.07, 6.45) is 0. The van der Waals surface area contributed by atoms with Gasteiger partial charge in [-0.05, 0) is 31.5 Å². The van der Waals surface area contributed by atoms with Gasteiger partial charge in [0.05, 0.1) is 0 Å². The third kappa shape index (κ3) is 2.75. The second-order valence-corrected chi connectivity index (χ2v) is 3.93. The summed E-state index contributed by atoms with van der Waals surface area (Å²) in [5.74, 6) is -1.49. The molecule has 2 N–H and O–H groups in total. The van der Waals surface area contributed by atoms with Crippen LogP contribution in [-0.2, 0) is 4.79 Å². The first-order valence-corrected chi connectivity index (χ1v) is 5.14. The quantitative estimate of drug-likeness (QED) is 0.829. The minimum atomic E-state index is -1.07. The lowest BCUT2D eigenvalue weighted by Gasteiger charge is -2.21. The smallest absolute Gasteiger partial charge is 0.326 e. The molecule has 0 heterocycles. The molecule has 1 aromatic carbocycles. The van der Waals surface area contributed by atoms with Crippen molar-refractivity contribution < 1.29 is 19.8 Å². The lowest BCUT2D eigenvalue weighted by atomic mass is 10.1. The summed E-state index contributed by atoms with van der Waals surface area (Å²) in [6.45, 7) is 3.14. The molecule has 1 amide bonds. The molecule has 5 heteroatoms. The highest BCUT2D eigenvalue weighted by Gasteiger charge is 2.22. The maximum Gasteiger partial charge on any atom is 0.326 e. The van der Waals surface area contributed by atoms with Crippen LogP contribution < -0.4 is 0 Å². The molecule has 0 bridgehead atoms. The van der Waals surface area contributed by atoms with Gasteiger partial charge in [0.15, 0.2) is 0 Å². The second kappa shape index (κ2) is 4.86.